The van der Waals surface area contributed by atoms with Crippen molar-refractivity contribution in [3.63, 3.8) is 0 Å². The maximum absolute atomic E-state index is 8.54. The first-order valence-electron chi connectivity index (χ1n) is 3.79. The summed E-state index contributed by atoms with van der Waals surface area (Å²) in [6, 6.07) is 5.98. The topological polar surface area (TPSA) is 52.5 Å². The van der Waals surface area contributed by atoms with Crippen molar-refractivity contribution in [2.45, 2.75) is 6.42 Å². The van der Waals surface area contributed by atoms with Gasteiger partial charge < -0.3 is 4.98 Å². The number of aromatic nitrogens is 2. The molecule has 0 atom stereocenters. The SMILES string of the molecule is N#CCc1cc(Br)c2nc[nH]c2c1. The number of nitrogens with one attached hydrogen (secondary N) is 1. The van der Waals surface area contributed by atoms with E-state index < -0.39 is 0 Å². The van der Waals surface area contributed by atoms with E-state index in [0.29, 0.717) is 6.42 Å². The fraction of sp³-hybridized carbons (Fsp3) is 0.111. The number of halogens is 1. The molecule has 0 radical (unpaired) electrons. The van der Waals surface area contributed by atoms with Crippen LogP contribution < -0.4 is 0 Å². The molecule has 3 nitrogen and oxygen atoms in total. The highest BCUT2D eigenvalue weighted by Crippen LogP contribution is 2.22. The monoisotopic (exact) mass is 235 g/mol. The summed E-state index contributed by atoms with van der Waals surface area (Å²) in [7, 11) is 0. The fourth-order valence-corrected chi connectivity index (χ4v) is 1.87. The summed E-state index contributed by atoms with van der Waals surface area (Å²) in [5, 5.41) is 8.54. The Bertz CT molecular complexity index is 481. The molecule has 2 rings (SSSR count). The molecule has 0 unspecified atom stereocenters. The van der Waals surface area contributed by atoms with E-state index in [-0.39, 0.29) is 0 Å². The maximum Gasteiger partial charge on any atom is 0.102 e. The van der Waals surface area contributed by atoms with Crippen molar-refractivity contribution in [3.05, 3.63) is 28.5 Å². The Morgan fingerprint density at radius 3 is 3.15 bits per heavy atom. The third-order valence-electron chi connectivity index (χ3n) is 1.82. The Balaban J connectivity index is 2.64. The van der Waals surface area contributed by atoms with Crippen LogP contribution in [0.3, 0.4) is 0 Å². The highest BCUT2D eigenvalue weighted by molar-refractivity contribution is 9.10. The quantitative estimate of drug-likeness (QED) is 0.826. The van der Waals surface area contributed by atoms with E-state index in [2.05, 4.69) is 32.0 Å². The third kappa shape index (κ3) is 1.43. The summed E-state index contributed by atoms with van der Waals surface area (Å²) in [6.07, 6.45) is 2.07. The van der Waals surface area contributed by atoms with Crippen LogP contribution in [0, 0.1) is 11.3 Å². The molecule has 0 bridgehead atoms. The number of H-pyrrole nitrogens is 1. The number of benzene rings is 1. The highest BCUT2D eigenvalue weighted by Gasteiger charge is 2.03. The normalized spacial score (nSPS) is 10.2. The van der Waals surface area contributed by atoms with E-state index >= 15 is 0 Å². The van der Waals surface area contributed by atoms with Gasteiger partial charge in [-0.3, -0.25) is 0 Å². The molecule has 0 amide bonds. The Hall–Kier alpha value is -1.34. The molecular formula is C9H6BrN3. The summed E-state index contributed by atoms with van der Waals surface area (Å²) >= 11 is 3.40. The highest BCUT2D eigenvalue weighted by atomic mass is 79.9. The van der Waals surface area contributed by atoms with Gasteiger partial charge in [0, 0.05) is 4.47 Å². The van der Waals surface area contributed by atoms with Crippen LogP contribution >= 0.6 is 15.9 Å². The lowest BCUT2D eigenvalue weighted by molar-refractivity contribution is 1.26. The van der Waals surface area contributed by atoms with Crippen LogP contribution in [-0.2, 0) is 6.42 Å². The lowest BCUT2D eigenvalue weighted by Crippen LogP contribution is -1.82. The molecule has 4 heteroatoms. The lowest BCUT2D eigenvalue weighted by Gasteiger charge is -1.97. The second-order valence-corrected chi connectivity index (χ2v) is 3.57. The van der Waals surface area contributed by atoms with E-state index in [9.17, 15) is 0 Å². The molecule has 0 saturated heterocycles. The Labute approximate surface area is 83.5 Å². The van der Waals surface area contributed by atoms with E-state index in [1.54, 1.807) is 6.33 Å². The van der Waals surface area contributed by atoms with Crippen LogP contribution in [0.4, 0.5) is 0 Å². The summed E-state index contributed by atoms with van der Waals surface area (Å²) in [4.78, 5) is 7.14. The van der Waals surface area contributed by atoms with E-state index in [1.807, 2.05) is 12.1 Å². The fourth-order valence-electron chi connectivity index (χ4n) is 1.26. The number of hydrogen-bond donors (Lipinski definition) is 1. The molecule has 64 valence electrons. The lowest BCUT2D eigenvalue weighted by atomic mass is 10.1. The first-order valence-corrected chi connectivity index (χ1v) is 4.59. The minimum absolute atomic E-state index is 0.424. The molecule has 1 N–H and O–H groups in total. The third-order valence-corrected chi connectivity index (χ3v) is 2.42. The van der Waals surface area contributed by atoms with E-state index in [0.717, 1.165) is 21.1 Å². The Morgan fingerprint density at radius 1 is 1.54 bits per heavy atom. The van der Waals surface area contributed by atoms with Crippen LogP contribution in [0.15, 0.2) is 22.9 Å². The molecular weight excluding hydrogens is 230 g/mol. The second-order valence-electron chi connectivity index (χ2n) is 2.71. The number of aromatic amines is 1. The molecule has 1 aromatic heterocycles. The molecule has 0 aliphatic carbocycles. The number of nitriles is 1. The van der Waals surface area contributed by atoms with Crippen molar-refractivity contribution in [1.82, 2.24) is 9.97 Å². The van der Waals surface area contributed by atoms with Gasteiger partial charge in [-0.25, -0.2) is 4.98 Å². The molecule has 0 saturated carbocycles. The van der Waals surface area contributed by atoms with Gasteiger partial charge in [0.25, 0.3) is 0 Å². The van der Waals surface area contributed by atoms with Crippen LogP contribution in [0.1, 0.15) is 5.56 Å². The van der Waals surface area contributed by atoms with Crippen molar-refractivity contribution in [2.75, 3.05) is 0 Å². The Kier molecular flexibility index (Phi) is 2.03. The number of fused-ring (bicyclic) bond motifs is 1. The van der Waals surface area contributed by atoms with Gasteiger partial charge in [0.2, 0.25) is 0 Å². The molecule has 2 aromatic rings. The standard InChI is InChI=1S/C9H6BrN3/c10-7-3-6(1-2-11)4-8-9(7)13-5-12-8/h3-5H,1H2,(H,12,13). The second kappa shape index (κ2) is 3.19. The molecule has 1 heterocycles. The van der Waals surface area contributed by atoms with Crippen LogP contribution in [0.2, 0.25) is 0 Å². The number of imidazole rings is 1. The first-order chi connectivity index (χ1) is 6.31. The van der Waals surface area contributed by atoms with Gasteiger partial charge in [-0.1, -0.05) is 0 Å². The number of nitrogens with zero attached hydrogens (tertiary/aromatic N) is 2. The van der Waals surface area contributed by atoms with Gasteiger partial charge in [-0.15, -0.1) is 0 Å². The number of rotatable bonds is 1. The van der Waals surface area contributed by atoms with Crippen molar-refractivity contribution < 1.29 is 0 Å². The maximum atomic E-state index is 8.54. The minimum atomic E-state index is 0.424. The van der Waals surface area contributed by atoms with Gasteiger partial charge in [-0.2, -0.15) is 5.26 Å². The molecule has 13 heavy (non-hydrogen) atoms. The summed E-state index contributed by atoms with van der Waals surface area (Å²) in [5.41, 5.74) is 2.85. The molecule has 0 aliphatic heterocycles. The van der Waals surface area contributed by atoms with Crippen LogP contribution in [0.5, 0.6) is 0 Å². The van der Waals surface area contributed by atoms with E-state index in [4.69, 9.17) is 5.26 Å². The van der Waals surface area contributed by atoms with Crippen molar-refractivity contribution in [1.29, 1.82) is 5.26 Å². The van der Waals surface area contributed by atoms with Gasteiger partial charge >= 0.3 is 0 Å². The van der Waals surface area contributed by atoms with E-state index in [1.165, 1.54) is 0 Å². The zero-order valence-corrected chi connectivity index (χ0v) is 8.30. The van der Waals surface area contributed by atoms with Crippen LogP contribution in [0.25, 0.3) is 11.0 Å². The minimum Gasteiger partial charge on any atom is -0.345 e. The van der Waals surface area contributed by atoms with Gasteiger partial charge in [0.1, 0.15) is 5.52 Å². The van der Waals surface area contributed by atoms with Gasteiger partial charge in [0.15, 0.2) is 0 Å². The predicted octanol–water partition coefficient (Wildman–Crippen LogP) is 2.39. The first kappa shape index (κ1) is 8.27. The van der Waals surface area contributed by atoms with Crippen LogP contribution in [-0.4, -0.2) is 9.97 Å². The molecule has 0 fully saturated rings. The van der Waals surface area contributed by atoms with Gasteiger partial charge in [0.05, 0.1) is 24.3 Å². The summed E-state index contributed by atoms with van der Waals surface area (Å²) in [6.45, 7) is 0. The van der Waals surface area contributed by atoms with Crippen molar-refractivity contribution >= 4 is 27.0 Å². The predicted molar refractivity (Wildman–Crippen MR) is 53.1 cm³/mol. The van der Waals surface area contributed by atoms with Crippen molar-refractivity contribution in [3.8, 4) is 6.07 Å². The molecule has 1 aromatic carbocycles. The van der Waals surface area contributed by atoms with Crippen molar-refractivity contribution in [2.24, 2.45) is 0 Å². The molecule has 0 aliphatic rings. The summed E-state index contributed by atoms with van der Waals surface area (Å²) in [5.74, 6) is 0. The Morgan fingerprint density at radius 2 is 2.38 bits per heavy atom. The number of hydrogen-bond acceptors (Lipinski definition) is 2. The smallest absolute Gasteiger partial charge is 0.102 e. The zero-order valence-electron chi connectivity index (χ0n) is 6.71. The average Bonchev–Trinajstić information content (AvgIpc) is 2.53. The largest absolute Gasteiger partial charge is 0.345 e. The zero-order chi connectivity index (χ0) is 9.26. The summed E-state index contributed by atoms with van der Waals surface area (Å²) < 4.78 is 0.927. The average molecular weight is 236 g/mol. The molecule has 0 spiro atoms. The van der Waals surface area contributed by atoms with Gasteiger partial charge in [-0.05, 0) is 33.6 Å².